The minimum absolute atomic E-state index is 0. The number of halogens is 2. The molecule has 0 spiro atoms. The monoisotopic (exact) mass is 389 g/mol. The van der Waals surface area contributed by atoms with Gasteiger partial charge in [-0.25, -0.2) is 4.98 Å². The van der Waals surface area contributed by atoms with Crippen LogP contribution in [-0.4, -0.2) is 34.4 Å². The zero-order valence-electron chi connectivity index (χ0n) is 10.6. The van der Waals surface area contributed by atoms with E-state index in [0.717, 1.165) is 36.2 Å². The minimum atomic E-state index is 0. The smallest absolute Gasteiger partial charge is 0.104 e. The molecule has 104 valence electrons. The molecule has 7 heteroatoms. The number of imidazole rings is 1. The predicted octanol–water partition coefficient (Wildman–Crippen LogP) is 2.95. The molecule has 19 heavy (non-hydrogen) atoms. The van der Waals surface area contributed by atoms with Gasteiger partial charge in [-0.2, -0.15) is 0 Å². The number of anilines is 1. The summed E-state index contributed by atoms with van der Waals surface area (Å²) < 4.78 is 0. The summed E-state index contributed by atoms with van der Waals surface area (Å²) in [5.41, 5.74) is 7.86. The van der Waals surface area contributed by atoms with Crippen LogP contribution in [0.2, 0.25) is 0 Å². The van der Waals surface area contributed by atoms with E-state index < -0.39 is 0 Å². The van der Waals surface area contributed by atoms with E-state index in [2.05, 4.69) is 39.4 Å². The quantitative estimate of drug-likeness (QED) is 0.846. The Labute approximate surface area is 133 Å². The lowest BCUT2D eigenvalue weighted by Crippen LogP contribution is -2.27. The average molecular weight is 391 g/mol. The van der Waals surface area contributed by atoms with Gasteiger partial charge in [0.2, 0.25) is 0 Å². The van der Waals surface area contributed by atoms with Crippen molar-refractivity contribution in [2.75, 3.05) is 18.5 Å². The van der Waals surface area contributed by atoms with E-state index in [0.29, 0.717) is 0 Å². The van der Waals surface area contributed by atoms with Gasteiger partial charge in [-0.3, -0.25) is 15.4 Å². The molecular formula is C12H17Br2N5. The maximum absolute atomic E-state index is 4.38. The molecule has 1 aromatic carbocycles. The van der Waals surface area contributed by atoms with Crippen LogP contribution in [-0.2, 0) is 6.42 Å². The fraction of sp³-hybridized carbons (Fsp3) is 0.333. The number of aromatic nitrogens is 2. The van der Waals surface area contributed by atoms with E-state index in [1.807, 2.05) is 11.3 Å². The first-order valence-electron chi connectivity index (χ1n) is 5.86. The van der Waals surface area contributed by atoms with Crippen molar-refractivity contribution in [1.82, 2.24) is 15.0 Å². The van der Waals surface area contributed by atoms with E-state index in [1.54, 1.807) is 6.33 Å². The van der Waals surface area contributed by atoms with Gasteiger partial charge in [0.15, 0.2) is 0 Å². The van der Waals surface area contributed by atoms with Crippen LogP contribution in [0.3, 0.4) is 0 Å². The van der Waals surface area contributed by atoms with Crippen LogP contribution >= 0.6 is 34.0 Å². The standard InChI is InChI=1S/C12H15N5.2BrH/c1-2-9-10(16-17-6-5-13-8-17)3-4-11-12(9)15-7-14-11;;/h3-4,7-8,16H,2,5-6H2,1H3,(H,14,15);2*1H. The van der Waals surface area contributed by atoms with Crippen LogP contribution in [0, 0.1) is 0 Å². The van der Waals surface area contributed by atoms with Crippen molar-refractivity contribution >= 4 is 57.0 Å². The summed E-state index contributed by atoms with van der Waals surface area (Å²) >= 11 is 0. The molecule has 3 rings (SSSR count). The molecule has 0 saturated heterocycles. The second kappa shape index (κ2) is 6.91. The Morgan fingerprint density at radius 2 is 2.21 bits per heavy atom. The van der Waals surface area contributed by atoms with Crippen molar-refractivity contribution in [2.45, 2.75) is 13.3 Å². The second-order valence-electron chi connectivity index (χ2n) is 4.07. The van der Waals surface area contributed by atoms with Crippen LogP contribution in [0.25, 0.3) is 11.0 Å². The third-order valence-corrected chi connectivity index (χ3v) is 3.01. The molecule has 2 N–H and O–H groups in total. The molecule has 0 radical (unpaired) electrons. The summed E-state index contributed by atoms with van der Waals surface area (Å²) in [6, 6.07) is 4.14. The summed E-state index contributed by atoms with van der Waals surface area (Å²) in [5.74, 6) is 0. The summed E-state index contributed by atoms with van der Waals surface area (Å²) in [5, 5.41) is 2.01. The highest BCUT2D eigenvalue weighted by atomic mass is 79.9. The fourth-order valence-electron chi connectivity index (χ4n) is 2.15. The topological polar surface area (TPSA) is 56.3 Å². The number of rotatable bonds is 3. The molecule has 5 nitrogen and oxygen atoms in total. The first-order chi connectivity index (χ1) is 8.38. The molecule has 0 saturated carbocycles. The molecule has 2 aromatic rings. The van der Waals surface area contributed by atoms with Gasteiger partial charge in [-0.05, 0) is 18.6 Å². The summed E-state index contributed by atoms with van der Waals surface area (Å²) in [6.07, 6.45) is 4.54. The highest BCUT2D eigenvalue weighted by Gasteiger charge is 2.11. The second-order valence-corrected chi connectivity index (χ2v) is 4.07. The number of aromatic amines is 1. The normalized spacial score (nSPS) is 13.2. The molecule has 0 aliphatic carbocycles. The minimum Gasteiger partial charge on any atom is -0.345 e. The number of aryl methyl sites for hydroxylation is 1. The van der Waals surface area contributed by atoms with Crippen LogP contribution < -0.4 is 5.43 Å². The fourth-order valence-corrected chi connectivity index (χ4v) is 2.15. The van der Waals surface area contributed by atoms with Gasteiger partial charge in [0, 0.05) is 5.56 Å². The Balaban J connectivity index is 0.000000902. The van der Waals surface area contributed by atoms with Crippen LogP contribution in [0.1, 0.15) is 12.5 Å². The number of hydrogen-bond donors (Lipinski definition) is 2. The van der Waals surface area contributed by atoms with E-state index >= 15 is 0 Å². The van der Waals surface area contributed by atoms with Gasteiger partial charge in [-0.15, -0.1) is 34.0 Å². The largest absolute Gasteiger partial charge is 0.345 e. The van der Waals surface area contributed by atoms with Crippen LogP contribution in [0.15, 0.2) is 23.5 Å². The number of nitrogens with zero attached hydrogens (tertiary/aromatic N) is 3. The summed E-state index contributed by atoms with van der Waals surface area (Å²) in [7, 11) is 0. The Hall–Kier alpha value is -1.08. The Kier molecular flexibility index (Phi) is 5.81. The van der Waals surface area contributed by atoms with E-state index in [9.17, 15) is 0 Å². The van der Waals surface area contributed by atoms with Crippen molar-refractivity contribution in [3.63, 3.8) is 0 Å². The van der Waals surface area contributed by atoms with Crippen LogP contribution in [0.4, 0.5) is 5.69 Å². The maximum Gasteiger partial charge on any atom is 0.104 e. The zero-order valence-corrected chi connectivity index (χ0v) is 14.0. The number of hydrazine groups is 1. The molecular weight excluding hydrogens is 374 g/mol. The lowest BCUT2D eigenvalue weighted by atomic mass is 10.1. The number of aliphatic imine (C=N–C) groups is 1. The molecule has 0 bridgehead atoms. The average Bonchev–Trinajstić information content (AvgIpc) is 2.98. The lowest BCUT2D eigenvalue weighted by molar-refractivity contribution is 0.556. The number of nitrogens with one attached hydrogen (secondary N) is 2. The molecule has 0 unspecified atom stereocenters. The van der Waals surface area contributed by atoms with Gasteiger partial charge < -0.3 is 4.98 Å². The number of fused-ring (bicyclic) bond motifs is 1. The predicted molar refractivity (Wildman–Crippen MR) is 89.8 cm³/mol. The molecule has 0 fully saturated rings. The van der Waals surface area contributed by atoms with Gasteiger partial charge in [0.05, 0.1) is 36.1 Å². The van der Waals surface area contributed by atoms with Gasteiger partial charge in [0.1, 0.15) is 6.34 Å². The third-order valence-electron chi connectivity index (χ3n) is 3.01. The molecule has 1 aliphatic heterocycles. The van der Waals surface area contributed by atoms with Crippen LogP contribution in [0.5, 0.6) is 0 Å². The third kappa shape index (κ3) is 3.09. The van der Waals surface area contributed by atoms with Gasteiger partial charge in [0.25, 0.3) is 0 Å². The summed E-state index contributed by atoms with van der Waals surface area (Å²) in [4.78, 5) is 11.7. The summed E-state index contributed by atoms with van der Waals surface area (Å²) in [6.45, 7) is 3.92. The molecule has 1 aliphatic rings. The Morgan fingerprint density at radius 3 is 2.89 bits per heavy atom. The number of benzene rings is 1. The van der Waals surface area contributed by atoms with Crippen molar-refractivity contribution in [3.8, 4) is 0 Å². The number of H-pyrrole nitrogens is 1. The first kappa shape index (κ1) is 16.0. The van der Waals surface area contributed by atoms with Crippen molar-refractivity contribution in [3.05, 3.63) is 24.0 Å². The van der Waals surface area contributed by atoms with E-state index in [-0.39, 0.29) is 34.0 Å². The van der Waals surface area contributed by atoms with E-state index in [1.165, 1.54) is 5.56 Å². The zero-order chi connectivity index (χ0) is 11.7. The highest BCUT2D eigenvalue weighted by molar-refractivity contribution is 8.93. The van der Waals surface area contributed by atoms with Crippen molar-refractivity contribution in [1.29, 1.82) is 0 Å². The van der Waals surface area contributed by atoms with Gasteiger partial charge >= 0.3 is 0 Å². The lowest BCUT2D eigenvalue weighted by Gasteiger charge is -2.19. The molecule has 1 aromatic heterocycles. The van der Waals surface area contributed by atoms with E-state index in [4.69, 9.17) is 0 Å². The van der Waals surface area contributed by atoms with Crippen molar-refractivity contribution in [2.24, 2.45) is 4.99 Å². The first-order valence-corrected chi connectivity index (χ1v) is 5.86. The molecule has 0 amide bonds. The van der Waals surface area contributed by atoms with Crippen molar-refractivity contribution < 1.29 is 0 Å². The maximum atomic E-state index is 4.38. The van der Waals surface area contributed by atoms with Gasteiger partial charge in [-0.1, -0.05) is 6.92 Å². The molecule has 0 atom stereocenters. The Morgan fingerprint density at radius 1 is 1.37 bits per heavy atom. The molecule has 2 heterocycles. The Bertz CT molecular complexity index is 566. The highest BCUT2D eigenvalue weighted by Crippen LogP contribution is 2.24. The SMILES string of the molecule is Br.Br.CCc1c(NN2C=NCC2)ccc2[nH]cnc12. The number of hydrogen-bond acceptors (Lipinski definition) is 4.